The Balaban J connectivity index is 1.78. The second-order valence-electron chi connectivity index (χ2n) is 9.87. The molecule has 3 rings (SSSR count). The van der Waals surface area contributed by atoms with Crippen LogP contribution in [0.3, 0.4) is 0 Å². The smallest absolute Gasteiger partial charge is 0.326 e. The van der Waals surface area contributed by atoms with Crippen molar-refractivity contribution in [3.63, 3.8) is 0 Å². The third-order valence-electron chi connectivity index (χ3n) is 6.84. The molecule has 1 aromatic heterocycles. The number of para-hydroxylation sites is 1. The Labute approximate surface area is 227 Å². The summed E-state index contributed by atoms with van der Waals surface area (Å²) >= 11 is 0. The van der Waals surface area contributed by atoms with Gasteiger partial charge in [-0.15, -0.1) is 0 Å². The van der Waals surface area contributed by atoms with Crippen LogP contribution in [0.4, 0.5) is 0 Å². The van der Waals surface area contributed by atoms with Crippen molar-refractivity contribution in [1.29, 1.82) is 0 Å². The lowest BCUT2D eigenvalue weighted by atomic mass is 9.96. The highest BCUT2D eigenvalue weighted by Crippen LogP contribution is 2.19. The van der Waals surface area contributed by atoms with Crippen molar-refractivity contribution in [3.8, 4) is 0 Å². The summed E-state index contributed by atoms with van der Waals surface area (Å²) in [5, 5.41) is 18.8. The summed E-state index contributed by atoms with van der Waals surface area (Å²) in [5.41, 5.74) is 8.14. The fourth-order valence-corrected chi connectivity index (χ4v) is 4.30. The Hall–Kier alpha value is -4.18. The Bertz CT molecular complexity index is 1290. The lowest BCUT2D eigenvalue weighted by Gasteiger charge is -2.28. The molecule has 0 aliphatic heterocycles. The van der Waals surface area contributed by atoms with Gasteiger partial charge in [0.2, 0.25) is 17.7 Å². The van der Waals surface area contributed by atoms with Crippen LogP contribution in [0.1, 0.15) is 38.3 Å². The number of carboxylic acid groups (broad SMARTS) is 1. The molecule has 0 spiro atoms. The van der Waals surface area contributed by atoms with Crippen molar-refractivity contribution in [2.75, 3.05) is 0 Å². The van der Waals surface area contributed by atoms with E-state index in [4.69, 9.17) is 5.73 Å². The van der Waals surface area contributed by atoms with Gasteiger partial charge in [-0.1, -0.05) is 68.8 Å². The Morgan fingerprint density at radius 1 is 0.846 bits per heavy atom. The molecule has 3 amide bonds. The highest BCUT2D eigenvalue weighted by molar-refractivity contribution is 5.94. The number of benzene rings is 2. The van der Waals surface area contributed by atoms with Gasteiger partial charge in [0.15, 0.2) is 0 Å². The van der Waals surface area contributed by atoms with Gasteiger partial charge in [0.25, 0.3) is 0 Å². The zero-order valence-corrected chi connectivity index (χ0v) is 22.4. The summed E-state index contributed by atoms with van der Waals surface area (Å²) in [7, 11) is 0. The number of H-pyrrole nitrogens is 1. The number of aromatic amines is 1. The average Bonchev–Trinajstić information content (AvgIpc) is 3.33. The van der Waals surface area contributed by atoms with E-state index < -0.39 is 47.9 Å². The van der Waals surface area contributed by atoms with Gasteiger partial charge in [-0.05, 0) is 30.0 Å². The number of fused-ring (bicyclic) bond motifs is 1. The SMILES string of the molecule is CCC(C)C(NC(=O)C(Cc1ccccc1)NC(=O)C(C)N)C(=O)NC(Cc1c[nH]c2ccccc12)C(=O)O. The molecule has 7 N–H and O–H groups in total. The van der Waals surface area contributed by atoms with Gasteiger partial charge in [0.05, 0.1) is 6.04 Å². The molecule has 0 saturated carbocycles. The molecule has 5 unspecified atom stereocenters. The first-order valence-electron chi connectivity index (χ1n) is 13.1. The molecule has 10 heteroatoms. The fourth-order valence-electron chi connectivity index (χ4n) is 4.30. The second-order valence-corrected chi connectivity index (χ2v) is 9.87. The molecule has 0 aliphatic rings. The monoisotopic (exact) mass is 535 g/mol. The van der Waals surface area contributed by atoms with Crippen LogP contribution < -0.4 is 21.7 Å². The molecule has 1 heterocycles. The van der Waals surface area contributed by atoms with E-state index in [9.17, 15) is 24.3 Å². The standard InChI is InChI=1S/C29H37N5O5/c1-4-17(2)25(34-27(36)23(32-26(35)18(3)30)14-19-10-6-5-7-11-19)28(37)33-24(29(38)39)15-20-16-31-22-13-9-8-12-21(20)22/h5-13,16-18,23-25,31H,4,14-15,30H2,1-3H3,(H,32,35)(H,33,37)(H,34,36)(H,38,39). The van der Waals surface area contributed by atoms with Crippen LogP contribution in [-0.2, 0) is 32.0 Å². The van der Waals surface area contributed by atoms with E-state index >= 15 is 0 Å². The minimum Gasteiger partial charge on any atom is -0.480 e. The molecule has 208 valence electrons. The summed E-state index contributed by atoms with van der Waals surface area (Å²) in [6.45, 7) is 5.19. The summed E-state index contributed by atoms with van der Waals surface area (Å²) in [6, 6.07) is 12.6. The Morgan fingerprint density at radius 2 is 1.49 bits per heavy atom. The van der Waals surface area contributed by atoms with Gasteiger partial charge in [-0.2, -0.15) is 0 Å². The molecule has 0 bridgehead atoms. The quantitative estimate of drug-likeness (QED) is 0.195. The minimum absolute atomic E-state index is 0.0628. The number of aromatic nitrogens is 1. The van der Waals surface area contributed by atoms with E-state index in [0.29, 0.717) is 6.42 Å². The number of amides is 3. The van der Waals surface area contributed by atoms with Gasteiger partial charge in [-0.25, -0.2) is 4.79 Å². The van der Waals surface area contributed by atoms with Crippen LogP contribution in [0.25, 0.3) is 10.9 Å². The van der Waals surface area contributed by atoms with Gasteiger partial charge in [0, 0.05) is 29.9 Å². The third kappa shape index (κ3) is 7.90. The van der Waals surface area contributed by atoms with E-state index in [2.05, 4.69) is 20.9 Å². The van der Waals surface area contributed by atoms with E-state index in [1.807, 2.05) is 61.5 Å². The maximum Gasteiger partial charge on any atom is 0.326 e. The van der Waals surface area contributed by atoms with Crippen LogP contribution in [0.15, 0.2) is 60.8 Å². The second kappa shape index (κ2) is 13.6. The number of carbonyl (C=O) groups is 4. The maximum atomic E-state index is 13.4. The highest BCUT2D eigenvalue weighted by Gasteiger charge is 2.33. The van der Waals surface area contributed by atoms with E-state index in [-0.39, 0.29) is 18.8 Å². The number of nitrogens with one attached hydrogen (secondary N) is 4. The summed E-state index contributed by atoms with van der Waals surface area (Å²) in [5.74, 6) is -3.16. The van der Waals surface area contributed by atoms with Crippen LogP contribution in [0, 0.1) is 5.92 Å². The molecule has 0 radical (unpaired) electrons. The predicted molar refractivity (Wildman–Crippen MR) is 149 cm³/mol. The molecule has 0 fully saturated rings. The Kier molecular flexibility index (Phi) is 10.2. The normalized spacial score (nSPS) is 15.0. The molecule has 0 aliphatic carbocycles. The number of rotatable bonds is 13. The fraction of sp³-hybridized carbons (Fsp3) is 0.379. The van der Waals surface area contributed by atoms with Crippen LogP contribution in [0.5, 0.6) is 0 Å². The first-order valence-corrected chi connectivity index (χ1v) is 13.1. The molecule has 5 atom stereocenters. The number of nitrogens with two attached hydrogens (primary N) is 1. The van der Waals surface area contributed by atoms with Crippen molar-refractivity contribution >= 4 is 34.6 Å². The summed E-state index contributed by atoms with van der Waals surface area (Å²) in [6.07, 6.45) is 2.54. The van der Waals surface area contributed by atoms with Crippen molar-refractivity contribution < 1.29 is 24.3 Å². The largest absolute Gasteiger partial charge is 0.480 e. The zero-order chi connectivity index (χ0) is 28.5. The third-order valence-corrected chi connectivity index (χ3v) is 6.84. The molecule has 39 heavy (non-hydrogen) atoms. The van der Waals surface area contributed by atoms with Crippen molar-refractivity contribution in [3.05, 3.63) is 71.9 Å². The van der Waals surface area contributed by atoms with Gasteiger partial charge in [-0.3, -0.25) is 14.4 Å². The van der Waals surface area contributed by atoms with E-state index in [1.165, 1.54) is 6.92 Å². The van der Waals surface area contributed by atoms with Gasteiger partial charge in [0.1, 0.15) is 18.1 Å². The van der Waals surface area contributed by atoms with E-state index in [0.717, 1.165) is 22.0 Å². The van der Waals surface area contributed by atoms with E-state index in [1.54, 1.807) is 13.1 Å². The van der Waals surface area contributed by atoms with Crippen LogP contribution >= 0.6 is 0 Å². The lowest BCUT2D eigenvalue weighted by molar-refractivity contribution is -0.142. The molecular formula is C29H37N5O5. The summed E-state index contributed by atoms with van der Waals surface area (Å²) < 4.78 is 0. The first-order chi connectivity index (χ1) is 18.6. The summed E-state index contributed by atoms with van der Waals surface area (Å²) in [4.78, 5) is 54.4. The minimum atomic E-state index is -1.21. The Morgan fingerprint density at radius 3 is 2.13 bits per heavy atom. The average molecular weight is 536 g/mol. The number of carbonyl (C=O) groups excluding carboxylic acids is 3. The lowest BCUT2D eigenvalue weighted by Crippen LogP contribution is -2.59. The number of hydrogen-bond donors (Lipinski definition) is 6. The maximum absolute atomic E-state index is 13.4. The first kappa shape index (κ1) is 29.4. The predicted octanol–water partition coefficient (Wildman–Crippen LogP) is 1.89. The molecule has 0 saturated heterocycles. The highest BCUT2D eigenvalue weighted by atomic mass is 16.4. The molecule has 2 aromatic carbocycles. The number of aliphatic carboxylic acids is 1. The van der Waals surface area contributed by atoms with Crippen LogP contribution in [0.2, 0.25) is 0 Å². The number of hydrogen-bond acceptors (Lipinski definition) is 5. The van der Waals surface area contributed by atoms with Crippen LogP contribution in [-0.4, -0.2) is 57.9 Å². The van der Waals surface area contributed by atoms with Gasteiger partial charge < -0.3 is 31.8 Å². The number of carboxylic acids is 1. The van der Waals surface area contributed by atoms with Gasteiger partial charge >= 0.3 is 5.97 Å². The topological polar surface area (TPSA) is 166 Å². The van der Waals surface area contributed by atoms with Crippen molar-refractivity contribution in [1.82, 2.24) is 20.9 Å². The molecule has 3 aromatic rings. The molecule has 10 nitrogen and oxygen atoms in total. The zero-order valence-electron chi connectivity index (χ0n) is 22.4. The van der Waals surface area contributed by atoms with Crippen molar-refractivity contribution in [2.24, 2.45) is 11.7 Å². The van der Waals surface area contributed by atoms with Crippen molar-refractivity contribution in [2.45, 2.75) is 64.2 Å². The molecular weight excluding hydrogens is 498 g/mol.